The van der Waals surface area contributed by atoms with Crippen molar-refractivity contribution in [3.63, 3.8) is 0 Å². The fourth-order valence-corrected chi connectivity index (χ4v) is 2.56. The van der Waals surface area contributed by atoms with Crippen LogP contribution in [0.15, 0.2) is 0 Å². The molecule has 1 amide bonds. The number of carbonyl (C=O) groups excluding carboxylic acids is 1. The molecule has 3 heteroatoms. The molecule has 0 aromatic carbocycles. The fraction of sp³-hybridized carbons (Fsp3) is 0.923. The van der Waals surface area contributed by atoms with Gasteiger partial charge in [-0.2, -0.15) is 0 Å². The number of aliphatic hydroxyl groups is 1. The average Bonchev–Trinajstić information content (AvgIpc) is 2.30. The summed E-state index contributed by atoms with van der Waals surface area (Å²) in [7, 11) is 0. The highest BCUT2D eigenvalue weighted by Gasteiger charge is 2.24. The predicted molar refractivity (Wildman–Crippen MR) is 65.1 cm³/mol. The van der Waals surface area contributed by atoms with Gasteiger partial charge in [0.05, 0.1) is 0 Å². The summed E-state index contributed by atoms with van der Waals surface area (Å²) in [5.74, 6) is 0.842. The van der Waals surface area contributed by atoms with Crippen LogP contribution in [0.25, 0.3) is 0 Å². The molecule has 0 aromatic heterocycles. The molecule has 1 rings (SSSR count). The molecular formula is C13H25NO2. The minimum atomic E-state index is 0.166. The molecule has 3 nitrogen and oxygen atoms in total. The van der Waals surface area contributed by atoms with Gasteiger partial charge in [-0.1, -0.05) is 26.2 Å². The Kier molecular flexibility index (Phi) is 6.46. The van der Waals surface area contributed by atoms with Gasteiger partial charge in [-0.15, -0.1) is 0 Å². The third-order valence-electron chi connectivity index (χ3n) is 3.59. The summed E-state index contributed by atoms with van der Waals surface area (Å²) in [5.41, 5.74) is 0. The summed E-state index contributed by atoms with van der Waals surface area (Å²) >= 11 is 0. The zero-order valence-corrected chi connectivity index (χ0v) is 10.4. The molecule has 2 N–H and O–H groups in total. The van der Waals surface area contributed by atoms with Crippen LogP contribution in [-0.4, -0.2) is 23.7 Å². The quantitative estimate of drug-likeness (QED) is 0.684. The number of hydrogen-bond donors (Lipinski definition) is 2. The third-order valence-corrected chi connectivity index (χ3v) is 3.59. The molecule has 0 aromatic rings. The summed E-state index contributed by atoms with van der Waals surface area (Å²) in [4.78, 5) is 11.7. The molecule has 94 valence electrons. The van der Waals surface area contributed by atoms with E-state index in [1.54, 1.807) is 0 Å². The predicted octanol–water partition coefficient (Wildman–Crippen LogP) is 2.23. The SMILES string of the molecule is CCC1CCCCC1NC(=O)CCCCO. The van der Waals surface area contributed by atoms with Gasteiger partial charge in [0.15, 0.2) is 0 Å². The molecular weight excluding hydrogens is 202 g/mol. The zero-order valence-electron chi connectivity index (χ0n) is 10.4. The molecule has 2 atom stereocenters. The van der Waals surface area contributed by atoms with E-state index in [1.807, 2.05) is 0 Å². The number of nitrogens with one attached hydrogen (secondary N) is 1. The van der Waals surface area contributed by atoms with Gasteiger partial charge >= 0.3 is 0 Å². The van der Waals surface area contributed by atoms with Gasteiger partial charge in [-0.25, -0.2) is 0 Å². The van der Waals surface area contributed by atoms with Crippen LogP contribution in [0.4, 0.5) is 0 Å². The van der Waals surface area contributed by atoms with Crippen molar-refractivity contribution in [1.29, 1.82) is 0 Å². The molecule has 2 unspecified atom stereocenters. The lowest BCUT2D eigenvalue weighted by atomic mass is 9.83. The number of carbonyl (C=O) groups is 1. The second kappa shape index (κ2) is 7.66. The van der Waals surface area contributed by atoms with Crippen LogP contribution in [-0.2, 0) is 4.79 Å². The standard InChI is InChI=1S/C13H25NO2/c1-2-11-7-3-4-8-12(11)14-13(16)9-5-6-10-15/h11-12,15H,2-10H2,1H3,(H,14,16). The van der Waals surface area contributed by atoms with Gasteiger partial charge in [-0.05, 0) is 31.6 Å². The Morgan fingerprint density at radius 1 is 1.31 bits per heavy atom. The maximum Gasteiger partial charge on any atom is 0.220 e. The molecule has 1 fully saturated rings. The van der Waals surface area contributed by atoms with Crippen molar-refractivity contribution < 1.29 is 9.90 Å². The maximum absolute atomic E-state index is 11.7. The summed E-state index contributed by atoms with van der Waals surface area (Å²) in [5, 5.41) is 11.8. The van der Waals surface area contributed by atoms with Crippen molar-refractivity contribution in [3.05, 3.63) is 0 Å². The van der Waals surface area contributed by atoms with Gasteiger partial charge in [-0.3, -0.25) is 4.79 Å². The molecule has 1 aliphatic rings. The Hall–Kier alpha value is -0.570. The van der Waals surface area contributed by atoms with Crippen molar-refractivity contribution in [3.8, 4) is 0 Å². The molecule has 0 saturated heterocycles. The number of aliphatic hydroxyl groups excluding tert-OH is 1. The van der Waals surface area contributed by atoms with E-state index in [2.05, 4.69) is 12.2 Å². The second-order valence-electron chi connectivity index (χ2n) is 4.81. The first-order chi connectivity index (χ1) is 7.77. The summed E-state index contributed by atoms with van der Waals surface area (Å²) in [6.07, 6.45) is 8.23. The summed E-state index contributed by atoms with van der Waals surface area (Å²) in [6, 6.07) is 0.403. The van der Waals surface area contributed by atoms with Crippen LogP contribution in [0.2, 0.25) is 0 Å². The average molecular weight is 227 g/mol. The Balaban J connectivity index is 2.25. The highest BCUT2D eigenvalue weighted by molar-refractivity contribution is 5.76. The Morgan fingerprint density at radius 2 is 2.06 bits per heavy atom. The highest BCUT2D eigenvalue weighted by Crippen LogP contribution is 2.26. The van der Waals surface area contributed by atoms with Crippen molar-refractivity contribution in [2.45, 2.75) is 64.3 Å². The van der Waals surface area contributed by atoms with E-state index in [-0.39, 0.29) is 12.5 Å². The van der Waals surface area contributed by atoms with E-state index in [9.17, 15) is 4.79 Å². The lowest BCUT2D eigenvalue weighted by Crippen LogP contribution is -2.41. The van der Waals surface area contributed by atoms with Gasteiger partial charge in [0, 0.05) is 19.1 Å². The van der Waals surface area contributed by atoms with Crippen LogP contribution in [0.3, 0.4) is 0 Å². The molecule has 1 saturated carbocycles. The maximum atomic E-state index is 11.7. The van der Waals surface area contributed by atoms with E-state index in [0.29, 0.717) is 18.4 Å². The van der Waals surface area contributed by atoms with Gasteiger partial charge < -0.3 is 10.4 Å². The van der Waals surface area contributed by atoms with E-state index >= 15 is 0 Å². The monoisotopic (exact) mass is 227 g/mol. The number of rotatable bonds is 6. The van der Waals surface area contributed by atoms with Crippen LogP contribution in [0, 0.1) is 5.92 Å². The molecule has 0 heterocycles. The van der Waals surface area contributed by atoms with E-state index in [1.165, 1.54) is 25.7 Å². The lowest BCUT2D eigenvalue weighted by molar-refractivity contribution is -0.122. The van der Waals surface area contributed by atoms with Crippen molar-refractivity contribution in [2.75, 3.05) is 6.61 Å². The Morgan fingerprint density at radius 3 is 2.75 bits per heavy atom. The minimum Gasteiger partial charge on any atom is -0.396 e. The second-order valence-corrected chi connectivity index (χ2v) is 4.81. The fourth-order valence-electron chi connectivity index (χ4n) is 2.56. The lowest BCUT2D eigenvalue weighted by Gasteiger charge is -2.31. The minimum absolute atomic E-state index is 0.166. The molecule has 0 aliphatic heterocycles. The smallest absolute Gasteiger partial charge is 0.220 e. The summed E-state index contributed by atoms with van der Waals surface area (Å²) in [6.45, 7) is 2.40. The van der Waals surface area contributed by atoms with Crippen LogP contribution in [0.5, 0.6) is 0 Å². The first-order valence-corrected chi connectivity index (χ1v) is 6.68. The molecule has 0 radical (unpaired) electrons. The van der Waals surface area contributed by atoms with Gasteiger partial charge in [0.25, 0.3) is 0 Å². The third kappa shape index (κ3) is 4.52. The highest BCUT2D eigenvalue weighted by atomic mass is 16.2. The first kappa shape index (κ1) is 13.5. The Labute approximate surface area is 98.6 Å². The normalized spacial score (nSPS) is 25.4. The van der Waals surface area contributed by atoms with Crippen LogP contribution >= 0.6 is 0 Å². The van der Waals surface area contributed by atoms with Crippen molar-refractivity contribution in [1.82, 2.24) is 5.32 Å². The molecule has 16 heavy (non-hydrogen) atoms. The topological polar surface area (TPSA) is 49.3 Å². The van der Waals surface area contributed by atoms with Crippen LogP contribution < -0.4 is 5.32 Å². The van der Waals surface area contributed by atoms with Gasteiger partial charge in [0.2, 0.25) is 5.91 Å². The van der Waals surface area contributed by atoms with Crippen molar-refractivity contribution >= 4 is 5.91 Å². The molecule has 0 spiro atoms. The zero-order chi connectivity index (χ0) is 11.8. The van der Waals surface area contributed by atoms with Crippen molar-refractivity contribution in [2.24, 2.45) is 5.92 Å². The Bertz CT molecular complexity index is 206. The van der Waals surface area contributed by atoms with Gasteiger partial charge in [0.1, 0.15) is 0 Å². The number of unbranched alkanes of at least 4 members (excludes halogenated alkanes) is 1. The number of hydrogen-bond acceptors (Lipinski definition) is 2. The first-order valence-electron chi connectivity index (χ1n) is 6.68. The van der Waals surface area contributed by atoms with Crippen LogP contribution in [0.1, 0.15) is 58.3 Å². The molecule has 1 aliphatic carbocycles. The molecule has 0 bridgehead atoms. The van der Waals surface area contributed by atoms with E-state index < -0.39 is 0 Å². The largest absolute Gasteiger partial charge is 0.396 e. The van der Waals surface area contributed by atoms with E-state index in [4.69, 9.17) is 5.11 Å². The van der Waals surface area contributed by atoms with E-state index in [0.717, 1.165) is 19.3 Å². The summed E-state index contributed by atoms with van der Waals surface area (Å²) < 4.78 is 0. The number of amides is 1.